The molecule has 0 aliphatic carbocycles. The molecular formula is H2AgGe2KO4. The van der Waals surface area contributed by atoms with E-state index >= 15 is 0 Å². The van der Waals surface area contributed by atoms with Crippen LogP contribution in [0.1, 0.15) is 0 Å². The van der Waals surface area contributed by atoms with E-state index in [-0.39, 0.29) is 73.8 Å². The predicted molar refractivity (Wildman–Crippen MR) is 15.7 cm³/mol. The molecule has 8 heavy (non-hydrogen) atoms. The predicted octanol–water partition coefficient (Wildman–Crippen LogP) is -6.91. The van der Waals surface area contributed by atoms with Crippen molar-refractivity contribution in [2.24, 2.45) is 0 Å². The van der Waals surface area contributed by atoms with E-state index < -0.39 is 31.4 Å². The molecule has 8 heteroatoms. The van der Waals surface area contributed by atoms with E-state index in [9.17, 15) is 0 Å². The van der Waals surface area contributed by atoms with Crippen LogP contribution in [0, 0.1) is 0 Å². The van der Waals surface area contributed by atoms with Gasteiger partial charge in [0.05, 0.1) is 0 Å². The van der Waals surface area contributed by atoms with Crippen LogP contribution in [0.2, 0.25) is 0 Å². The third-order valence-corrected chi connectivity index (χ3v) is 0. The van der Waals surface area contributed by atoms with Gasteiger partial charge in [-0.25, -0.2) is 0 Å². The Morgan fingerprint density at radius 1 is 1.00 bits per heavy atom. The summed E-state index contributed by atoms with van der Waals surface area (Å²) in [5.41, 5.74) is 0. The first-order chi connectivity index (χ1) is 2.83. The molecule has 0 fully saturated rings. The van der Waals surface area contributed by atoms with Gasteiger partial charge in [0, 0.05) is 0 Å². The molecular weight excluding hydrogens is 356 g/mol. The van der Waals surface area contributed by atoms with Gasteiger partial charge in [0.2, 0.25) is 0 Å². The number of hydrogen-bond donors (Lipinski definition) is 0. The molecule has 0 bridgehead atoms. The summed E-state index contributed by atoms with van der Waals surface area (Å²) < 4.78 is 34.1. The van der Waals surface area contributed by atoms with E-state index in [0.717, 1.165) is 0 Å². The molecule has 0 radical (unpaired) electrons. The fourth-order valence-corrected chi connectivity index (χ4v) is 0. The maximum atomic E-state index is 8.53. The van der Waals surface area contributed by atoms with Crippen LogP contribution in [0.15, 0.2) is 0 Å². The van der Waals surface area contributed by atoms with Gasteiger partial charge in [-0.1, -0.05) is 0 Å². The number of rotatable bonds is 0. The summed E-state index contributed by atoms with van der Waals surface area (Å²) >= 11 is -4.38. The van der Waals surface area contributed by atoms with E-state index in [0.29, 0.717) is 0 Å². The minimum absolute atomic E-state index is 0. The van der Waals surface area contributed by atoms with Crippen LogP contribution in [0.3, 0.4) is 0 Å². The van der Waals surface area contributed by atoms with Crippen molar-refractivity contribution in [1.82, 2.24) is 0 Å². The molecule has 0 saturated carbocycles. The zero-order valence-electron chi connectivity index (χ0n) is 4.09. The van der Waals surface area contributed by atoms with Crippen LogP contribution in [0.25, 0.3) is 0 Å². The molecule has 0 saturated heterocycles. The van der Waals surface area contributed by atoms with Crippen molar-refractivity contribution >= 4 is 31.4 Å². The minimum atomic E-state index is -2.19. The Balaban J connectivity index is -0.0000000160. The average Bonchev–Trinajstić information content (AvgIpc) is 1.39. The van der Waals surface area contributed by atoms with Crippen LogP contribution in [0.4, 0.5) is 0 Å². The Kier molecular flexibility index (Phi) is 93.5. The van der Waals surface area contributed by atoms with Crippen molar-refractivity contribution in [3.63, 3.8) is 0 Å². The van der Waals surface area contributed by atoms with E-state index in [2.05, 4.69) is 0 Å². The van der Waals surface area contributed by atoms with Crippen molar-refractivity contribution in [2.45, 2.75) is 0 Å². The molecule has 0 unspecified atom stereocenters. The summed E-state index contributed by atoms with van der Waals surface area (Å²) in [5.74, 6) is 0. The molecule has 0 amide bonds. The summed E-state index contributed by atoms with van der Waals surface area (Å²) in [7, 11) is 0. The monoisotopic (exact) mass is 360 g/mol. The normalized spacial score (nSPS) is 3.00. The summed E-state index contributed by atoms with van der Waals surface area (Å²) in [4.78, 5) is 0. The van der Waals surface area contributed by atoms with Gasteiger partial charge in [-0.2, -0.15) is 0 Å². The molecule has 0 aliphatic rings. The molecule has 0 N–H and O–H groups in total. The fourth-order valence-electron chi connectivity index (χ4n) is 0. The first kappa shape index (κ1) is 22.4. The zero-order chi connectivity index (χ0) is 5.41. The second-order valence-corrected chi connectivity index (χ2v) is 1.00. The van der Waals surface area contributed by atoms with Crippen molar-refractivity contribution in [2.75, 3.05) is 0 Å². The van der Waals surface area contributed by atoms with Crippen molar-refractivity contribution < 1.29 is 89.6 Å². The Bertz CT molecular complexity index is 35.0. The molecule has 0 aromatic rings. The Labute approximate surface area is 118 Å². The zero-order valence-corrected chi connectivity index (χ0v) is 13.5. The summed E-state index contributed by atoms with van der Waals surface area (Å²) in [6.45, 7) is 0. The van der Waals surface area contributed by atoms with Crippen LogP contribution in [0.5, 0.6) is 0 Å². The van der Waals surface area contributed by atoms with Crippen LogP contribution in [-0.4, -0.2) is 31.4 Å². The molecule has 0 aliphatic heterocycles. The molecule has 0 rings (SSSR count). The molecule has 0 atom stereocenters. The molecule has 4 nitrogen and oxygen atoms in total. The second-order valence-electron chi connectivity index (χ2n) is 0.192. The average molecular weight is 358 g/mol. The first-order valence-electron chi connectivity index (χ1n) is 0.943. The van der Waals surface area contributed by atoms with Gasteiger partial charge >= 0.3 is 121 Å². The summed E-state index contributed by atoms with van der Waals surface area (Å²) in [6, 6.07) is 0. The Morgan fingerprint density at radius 3 is 1.00 bits per heavy atom. The van der Waals surface area contributed by atoms with Crippen molar-refractivity contribution in [3.05, 3.63) is 0 Å². The quantitative estimate of drug-likeness (QED) is 0.403. The summed E-state index contributed by atoms with van der Waals surface area (Å²) in [5, 5.41) is 0. The third kappa shape index (κ3) is 71.8. The van der Waals surface area contributed by atoms with Gasteiger partial charge in [0.15, 0.2) is 0 Å². The van der Waals surface area contributed by atoms with Crippen molar-refractivity contribution in [3.8, 4) is 0 Å². The maximum absolute atomic E-state index is 8.53. The molecule has 0 aromatic heterocycles. The number of hydrogen-bond acceptors (Lipinski definition) is 4. The van der Waals surface area contributed by atoms with E-state index in [1.807, 2.05) is 0 Å². The van der Waals surface area contributed by atoms with Crippen molar-refractivity contribution in [1.29, 1.82) is 0 Å². The van der Waals surface area contributed by atoms with Gasteiger partial charge in [0.1, 0.15) is 0 Å². The van der Waals surface area contributed by atoms with Gasteiger partial charge in [-0.05, 0) is 0 Å². The Hall–Kier alpha value is 2.66. The van der Waals surface area contributed by atoms with Crippen LogP contribution < -0.4 is 59.7 Å². The molecule has 46 valence electrons. The van der Waals surface area contributed by atoms with Gasteiger partial charge in [-0.15, -0.1) is 0 Å². The topological polar surface area (TPSA) is 80.3 Å². The SMILES string of the molecule is [Ag+].[K+].[O]=[GeH][O-].[O]=[GeH][O-]. The molecule has 0 aromatic carbocycles. The van der Waals surface area contributed by atoms with E-state index in [1.165, 1.54) is 0 Å². The fraction of sp³-hybridized carbons (Fsp3) is 0. The van der Waals surface area contributed by atoms with Crippen LogP contribution >= 0.6 is 0 Å². The van der Waals surface area contributed by atoms with Gasteiger partial charge in [0.25, 0.3) is 0 Å². The summed E-state index contributed by atoms with van der Waals surface area (Å²) in [6.07, 6.45) is 0. The Morgan fingerprint density at radius 2 is 1.00 bits per heavy atom. The molecule has 0 spiro atoms. The second kappa shape index (κ2) is 33.4. The molecule has 0 heterocycles. The van der Waals surface area contributed by atoms with E-state index in [4.69, 9.17) is 15.8 Å². The first-order valence-corrected chi connectivity index (χ1v) is 4.90. The van der Waals surface area contributed by atoms with Crippen LogP contribution in [-0.2, 0) is 29.9 Å². The third-order valence-electron chi connectivity index (χ3n) is 0. The van der Waals surface area contributed by atoms with Gasteiger partial charge < -0.3 is 0 Å². The van der Waals surface area contributed by atoms with Gasteiger partial charge in [-0.3, -0.25) is 0 Å². The standard InChI is InChI=1S/Ag.2GeHO2.K/c;2*2-1-3;/h;2*1H;/q+1;2*-1;+1. The van der Waals surface area contributed by atoms with E-state index in [1.54, 1.807) is 0 Å².